The van der Waals surface area contributed by atoms with Crippen LogP contribution in [0.3, 0.4) is 0 Å². The average molecular weight is 615 g/mol. The number of hydrogen-bond acceptors (Lipinski definition) is 5. The van der Waals surface area contributed by atoms with Gasteiger partial charge in [0.2, 0.25) is 11.6 Å². The maximum Gasteiger partial charge on any atom is 0.426 e. The number of sulfone groups is 1. The molecule has 1 amide bonds. The van der Waals surface area contributed by atoms with Crippen LogP contribution in [-0.2, 0) is 36.3 Å². The van der Waals surface area contributed by atoms with Gasteiger partial charge in [0.25, 0.3) is 0 Å². The minimum absolute atomic E-state index is 0.0156. The van der Waals surface area contributed by atoms with Crippen molar-refractivity contribution in [2.24, 2.45) is 17.8 Å². The molecule has 2 aliphatic carbocycles. The summed E-state index contributed by atoms with van der Waals surface area (Å²) in [4.78, 5) is 30.9. The van der Waals surface area contributed by atoms with Crippen LogP contribution >= 0.6 is 0 Å². The van der Waals surface area contributed by atoms with E-state index < -0.39 is 61.7 Å². The van der Waals surface area contributed by atoms with E-state index >= 15 is 0 Å². The average Bonchev–Trinajstić information content (AvgIpc) is 3.33. The number of carboxylic acids is 1. The predicted octanol–water partition coefficient (Wildman–Crippen LogP) is 5.32. The summed E-state index contributed by atoms with van der Waals surface area (Å²) in [6, 6.07) is 4.24. The number of pyridine rings is 1. The molecule has 1 aliphatic heterocycles. The Labute approximate surface area is 240 Å². The van der Waals surface area contributed by atoms with Gasteiger partial charge in [-0.25, -0.2) is 17.2 Å². The molecule has 2 fully saturated rings. The van der Waals surface area contributed by atoms with Crippen molar-refractivity contribution in [1.29, 1.82) is 0 Å². The number of aryl methyl sites for hydroxylation is 1. The maximum absolute atomic E-state index is 14.9. The van der Waals surface area contributed by atoms with Crippen LogP contribution < -0.4 is 0 Å². The Morgan fingerprint density at radius 3 is 2.36 bits per heavy atom. The van der Waals surface area contributed by atoms with Crippen molar-refractivity contribution >= 4 is 21.7 Å². The van der Waals surface area contributed by atoms with Gasteiger partial charge in [0.05, 0.1) is 22.5 Å². The van der Waals surface area contributed by atoms with Crippen molar-refractivity contribution in [2.75, 3.05) is 6.54 Å². The van der Waals surface area contributed by atoms with Crippen molar-refractivity contribution in [3.8, 4) is 0 Å². The first kappa shape index (κ1) is 30.4. The molecule has 1 aromatic heterocycles. The number of rotatable bonds is 5. The Morgan fingerprint density at radius 1 is 1.10 bits per heavy atom. The van der Waals surface area contributed by atoms with Crippen molar-refractivity contribution in [3.63, 3.8) is 0 Å². The van der Waals surface area contributed by atoms with Crippen LogP contribution in [0.4, 0.5) is 22.0 Å². The first-order chi connectivity index (χ1) is 19.5. The van der Waals surface area contributed by atoms with E-state index in [-0.39, 0.29) is 53.8 Å². The lowest BCUT2D eigenvalue weighted by Crippen LogP contribution is -2.54. The van der Waals surface area contributed by atoms with Gasteiger partial charge in [0.15, 0.2) is 9.84 Å². The van der Waals surface area contributed by atoms with Gasteiger partial charge in [-0.2, -0.15) is 13.2 Å². The summed E-state index contributed by atoms with van der Waals surface area (Å²) < 4.78 is 96.1. The summed E-state index contributed by atoms with van der Waals surface area (Å²) in [5.41, 5.74) is -4.37. The normalized spacial score (nSPS) is 29.4. The molecule has 2 heterocycles. The molecule has 2 aromatic rings. The number of carboxylic acid groups (broad SMARTS) is 1. The molecule has 0 bridgehead atoms. The summed E-state index contributed by atoms with van der Waals surface area (Å²) in [6.07, 6.45) is -3.59. The number of likely N-dealkylation sites (tertiary alicyclic amines) is 1. The first-order valence-corrected chi connectivity index (χ1v) is 15.3. The van der Waals surface area contributed by atoms with E-state index in [1.165, 1.54) is 4.90 Å². The van der Waals surface area contributed by atoms with Gasteiger partial charge < -0.3 is 10.0 Å². The zero-order valence-corrected chi connectivity index (χ0v) is 23.8. The van der Waals surface area contributed by atoms with E-state index in [9.17, 15) is 45.1 Å². The van der Waals surface area contributed by atoms with E-state index in [0.29, 0.717) is 32.4 Å². The highest BCUT2D eigenvalue weighted by atomic mass is 32.2. The van der Waals surface area contributed by atoms with E-state index in [0.717, 1.165) is 30.3 Å². The summed E-state index contributed by atoms with van der Waals surface area (Å²) in [5.74, 6) is -3.27. The Kier molecular flexibility index (Phi) is 7.43. The quantitative estimate of drug-likeness (QED) is 0.361. The zero-order valence-electron chi connectivity index (χ0n) is 23.0. The van der Waals surface area contributed by atoms with Gasteiger partial charge in [0, 0.05) is 24.2 Å². The number of halogens is 5. The number of nitrogens with zero attached hydrogens (tertiary/aromatic N) is 2. The lowest BCUT2D eigenvalue weighted by molar-refractivity contribution is -0.228. The number of carbonyl (C=O) groups excluding carboxylic acids is 1. The minimum atomic E-state index is -5.23. The molecule has 228 valence electrons. The second-order valence-corrected chi connectivity index (χ2v) is 14.1. The highest BCUT2D eigenvalue weighted by Crippen LogP contribution is 2.54. The Hall–Kier alpha value is -3.09. The van der Waals surface area contributed by atoms with Crippen molar-refractivity contribution < 1.29 is 45.1 Å². The van der Waals surface area contributed by atoms with Crippen LogP contribution in [0.1, 0.15) is 62.8 Å². The van der Waals surface area contributed by atoms with Crippen molar-refractivity contribution in [3.05, 3.63) is 59.2 Å². The molecule has 1 N–H and O–H groups in total. The number of aliphatic carboxylic acids is 1. The summed E-state index contributed by atoms with van der Waals surface area (Å²) in [6.45, 7) is 2.19. The number of hydrogen-bond donors (Lipinski definition) is 1. The molecule has 3 aliphatic rings. The third-order valence-electron chi connectivity index (χ3n) is 9.49. The van der Waals surface area contributed by atoms with Crippen LogP contribution in [0, 0.1) is 23.6 Å². The molecule has 1 saturated carbocycles. The van der Waals surface area contributed by atoms with E-state index in [1.807, 2.05) is 0 Å². The van der Waals surface area contributed by atoms with Gasteiger partial charge in [0.1, 0.15) is 10.6 Å². The molecule has 42 heavy (non-hydrogen) atoms. The third kappa shape index (κ3) is 4.58. The molecule has 7 nitrogen and oxygen atoms in total. The summed E-state index contributed by atoms with van der Waals surface area (Å²) in [7, 11) is -4.41. The van der Waals surface area contributed by atoms with Crippen LogP contribution in [0.15, 0.2) is 41.4 Å². The van der Waals surface area contributed by atoms with Gasteiger partial charge >= 0.3 is 12.1 Å². The first-order valence-electron chi connectivity index (χ1n) is 13.8. The molecule has 3 unspecified atom stereocenters. The molecule has 0 radical (unpaired) electrons. The topological polar surface area (TPSA) is 105 Å². The molecule has 1 aromatic carbocycles. The van der Waals surface area contributed by atoms with E-state index in [1.54, 1.807) is 6.92 Å². The highest BCUT2D eigenvalue weighted by Gasteiger charge is 2.63. The van der Waals surface area contributed by atoms with Crippen molar-refractivity contribution in [2.45, 2.75) is 79.9 Å². The number of carbonyl (C=O) groups is 2. The molecular weight excluding hydrogens is 583 g/mol. The predicted molar refractivity (Wildman–Crippen MR) is 140 cm³/mol. The van der Waals surface area contributed by atoms with E-state index in [4.69, 9.17) is 0 Å². The van der Waals surface area contributed by atoms with Crippen LogP contribution in [-0.4, -0.2) is 54.0 Å². The van der Waals surface area contributed by atoms with Gasteiger partial charge in [-0.3, -0.25) is 14.6 Å². The maximum atomic E-state index is 14.9. The summed E-state index contributed by atoms with van der Waals surface area (Å²) >= 11 is 0. The number of benzene rings is 1. The van der Waals surface area contributed by atoms with Crippen molar-refractivity contribution in [1.82, 2.24) is 9.88 Å². The molecule has 0 spiro atoms. The number of alkyl halides is 4. The Bertz CT molecular complexity index is 1510. The van der Waals surface area contributed by atoms with E-state index in [2.05, 4.69) is 4.98 Å². The Morgan fingerprint density at radius 2 is 1.76 bits per heavy atom. The number of aromatic nitrogens is 1. The fourth-order valence-corrected chi connectivity index (χ4v) is 9.37. The smallest absolute Gasteiger partial charge is 0.426 e. The van der Waals surface area contributed by atoms with Crippen LogP contribution in [0.5, 0.6) is 0 Å². The zero-order chi connectivity index (χ0) is 30.8. The minimum Gasteiger partial charge on any atom is -0.481 e. The second kappa shape index (κ2) is 10.3. The largest absolute Gasteiger partial charge is 0.481 e. The standard InChI is InChI=1S/C29H31F5N2O5S/c1-16-13-18(26(38)39)3-9-22(16)25(37)36-12-11-28(42(40,41)21-7-5-20(30)6-8-21)23(36)10-4-17-14-19(15-35-24(17)28)27(2,31)29(32,33)34/h5-8,14-16,18,22-23H,3-4,9-13H2,1-2H3,(H,38,39)/t16-,18+,22+,23?,27?,28?/m0/s1. The lowest BCUT2D eigenvalue weighted by atomic mass is 9.74. The molecule has 6 atom stereocenters. The summed E-state index contributed by atoms with van der Waals surface area (Å²) in [5, 5.41) is 9.42. The third-order valence-corrected chi connectivity index (χ3v) is 12.0. The molecule has 1 saturated heterocycles. The fourth-order valence-electron chi connectivity index (χ4n) is 7.05. The van der Waals surface area contributed by atoms with Gasteiger partial charge in [-0.1, -0.05) is 6.92 Å². The number of fused-ring (bicyclic) bond motifs is 3. The highest BCUT2D eigenvalue weighted by molar-refractivity contribution is 7.92. The second-order valence-electron chi connectivity index (χ2n) is 11.8. The number of amides is 1. The fraction of sp³-hybridized carbons (Fsp3) is 0.552. The lowest BCUT2D eigenvalue weighted by Gasteiger charge is -2.43. The molecule has 5 rings (SSSR count). The van der Waals surface area contributed by atoms with Crippen LogP contribution in [0.2, 0.25) is 0 Å². The van der Waals surface area contributed by atoms with Crippen LogP contribution in [0.25, 0.3) is 0 Å². The van der Waals surface area contributed by atoms with Gasteiger partial charge in [-0.05, 0) is 87.3 Å². The molecule has 13 heteroatoms. The monoisotopic (exact) mass is 614 g/mol. The molecular formula is C29H31F5N2O5S. The van der Waals surface area contributed by atoms with Gasteiger partial charge in [-0.15, -0.1) is 0 Å². The Balaban J connectivity index is 1.60. The SMILES string of the molecule is C[C@H]1C[C@H](C(=O)O)CC[C@H]1C(=O)N1CCC2(S(=O)(=O)c3ccc(F)cc3)c3ncc(C(C)(F)C(F)(F)F)cc3CCC12.